The molecule has 2 N–H and O–H groups in total. The third-order valence-electron chi connectivity index (χ3n) is 3.90. The molecule has 0 radical (unpaired) electrons. The second kappa shape index (κ2) is 8.49. The number of nitrogens with one attached hydrogen (secondary N) is 1. The van der Waals surface area contributed by atoms with Crippen molar-refractivity contribution in [1.82, 2.24) is 4.98 Å². The number of aromatic amines is 1. The van der Waals surface area contributed by atoms with Crippen LogP contribution in [-0.4, -0.2) is 40.3 Å². The molecule has 1 aliphatic heterocycles. The second-order valence-electron chi connectivity index (χ2n) is 6.53. The molecule has 2 aromatic rings. The molecule has 0 spiro atoms. The number of amidine groups is 1. The third-order valence-corrected chi connectivity index (χ3v) is 5.20. The molecule has 134 valence electrons. The number of aromatic nitrogens is 1. The number of nitrogens with zero attached hydrogens (tertiary/aromatic N) is 3. The van der Waals surface area contributed by atoms with Crippen LogP contribution in [0.15, 0.2) is 39.5 Å². The van der Waals surface area contributed by atoms with Gasteiger partial charge in [-0.25, -0.2) is 0 Å². The normalized spacial score (nSPS) is 18.8. The Labute approximate surface area is 151 Å². The van der Waals surface area contributed by atoms with Crippen molar-refractivity contribution in [2.24, 2.45) is 21.1 Å². The molecule has 1 unspecified atom stereocenters. The number of ether oxygens (including phenoxy) is 1. The van der Waals surface area contributed by atoms with E-state index in [4.69, 9.17) is 4.74 Å². The van der Waals surface area contributed by atoms with Gasteiger partial charge >= 0.3 is 0 Å². The fraction of sp³-hybridized carbons (Fsp3) is 0.500. The first-order chi connectivity index (χ1) is 12.1. The summed E-state index contributed by atoms with van der Waals surface area (Å²) in [4.78, 5) is 7.50. The molecule has 6 nitrogen and oxygen atoms in total. The summed E-state index contributed by atoms with van der Waals surface area (Å²) in [6.07, 6.45) is 2.33. The Morgan fingerprint density at radius 3 is 3.00 bits per heavy atom. The minimum atomic E-state index is 0.0253. The fourth-order valence-electron chi connectivity index (χ4n) is 2.62. The lowest BCUT2D eigenvalue weighted by Crippen LogP contribution is -2.10. The standard InChI is InChI=1S/C18H24N4O2S/c1-12(2)11-25-18(19-10-13-6-5-9-24-13)22-21-16-14-7-3-4-8-15(14)20-17(16)23/h3-4,7-8,12-13,20,23H,5-6,9-11H2,1-2H3. The highest BCUT2D eigenvalue weighted by molar-refractivity contribution is 8.13. The highest BCUT2D eigenvalue weighted by Gasteiger charge is 2.15. The monoisotopic (exact) mass is 360 g/mol. The number of thioether (sulfide) groups is 1. The Bertz CT molecular complexity index is 764. The maximum atomic E-state index is 10.1. The quantitative estimate of drug-likeness (QED) is 0.453. The molecule has 0 saturated carbocycles. The predicted molar refractivity (Wildman–Crippen MR) is 103 cm³/mol. The number of aromatic hydroxyl groups is 1. The summed E-state index contributed by atoms with van der Waals surface area (Å²) in [5, 5.41) is 20.1. The van der Waals surface area contributed by atoms with Gasteiger partial charge in [-0.2, -0.15) is 0 Å². The molecule has 0 bridgehead atoms. The molecule has 1 saturated heterocycles. The fourth-order valence-corrected chi connectivity index (χ4v) is 3.37. The van der Waals surface area contributed by atoms with E-state index >= 15 is 0 Å². The number of aliphatic imine (C=N–C) groups is 1. The zero-order chi connectivity index (χ0) is 17.6. The second-order valence-corrected chi connectivity index (χ2v) is 7.52. The van der Waals surface area contributed by atoms with Crippen LogP contribution in [0.1, 0.15) is 26.7 Å². The van der Waals surface area contributed by atoms with E-state index in [1.807, 2.05) is 24.3 Å². The summed E-state index contributed by atoms with van der Waals surface area (Å²) >= 11 is 1.59. The van der Waals surface area contributed by atoms with Gasteiger partial charge < -0.3 is 14.8 Å². The van der Waals surface area contributed by atoms with Crippen molar-refractivity contribution in [1.29, 1.82) is 0 Å². The summed E-state index contributed by atoms with van der Waals surface area (Å²) in [7, 11) is 0. The number of H-pyrrole nitrogens is 1. The van der Waals surface area contributed by atoms with Gasteiger partial charge in [0.25, 0.3) is 0 Å². The van der Waals surface area contributed by atoms with Crippen molar-refractivity contribution in [3.63, 3.8) is 0 Å². The minimum absolute atomic E-state index is 0.0253. The lowest BCUT2D eigenvalue weighted by Gasteiger charge is -2.07. The van der Waals surface area contributed by atoms with Crippen molar-refractivity contribution in [3.05, 3.63) is 24.3 Å². The first kappa shape index (κ1) is 17.9. The van der Waals surface area contributed by atoms with Crippen molar-refractivity contribution in [3.8, 4) is 5.88 Å². The van der Waals surface area contributed by atoms with E-state index in [1.54, 1.807) is 11.8 Å². The SMILES string of the molecule is CC(C)CSC(N=Nc1c(O)[nH]c2ccccc12)=NCC1CCCO1. The molecule has 1 aliphatic rings. The number of rotatable bonds is 5. The van der Waals surface area contributed by atoms with Gasteiger partial charge in [-0.15, -0.1) is 10.2 Å². The van der Waals surface area contributed by atoms with Crippen molar-refractivity contribution in [2.45, 2.75) is 32.8 Å². The van der Waals surface area contributed by atoms with Gasteiger partial charge in [-0.1, -0.05) is 43.8 Å². The molecular formula is C18H24N4O2S. The Morgan fingerprint density at radius 2 is 2.24 bits per heavy atom. The van der Waals surface area contributed by atoms with Gasteiger partial charge in [0.05, 0.1) is 18.2 Å². The van der Waals surface area contributed by atoms with E-state index in [2.05, 4.69) is 34.1 Å². The van der Waals surface area contributed by atoms with E-state index in [1.165, 1.54) is 0 Å². The molecule has 1 fully saturated rings. The van der Waals surface area contributed by atoms with Crippen molar-refractivity contribution < 1.29 is 9.84 Å². The molecule has 7 heteroatoms. The number of hydrogen-bond acceptors (Lipinski definition) is 5. The molecule has 25 heavy (non-hydrogen) atoms. The first-order valence-electron chi connectivity index (χ1n) is 8.63. The van der Waals surface area contributed by atoms with Gasteiger partial charge in [0.15, 0.2) is 5.69 Å². The summed E-state index contributed by atoms with van der Waals surface area (Å²) < 4.78 is 5.62. The molecule has 1 aromatic carbocycles. The van der Waals surface area contributed by atoms with Crippen LogP contribution in [0.3, 0.4) is 0 Å². The number of fused-ring (bicyclic) bond motifs is 1. The molecule has 0 amide bonds. The first-order valence-corrected chi connectivity index (χ1v) is 9.62. The van der Waals surface area contributed by atoms with Crippen LogP contribution >= 0.6 is 11.8 Å². The highest BCUT2D eigenvalue weighted by atomic mass is 32.2. The Hall–Kier alpha value is -1.86. The van der Waals surface area contributed by atoms with E-state index < -0.39 is 0 Å². The number of benzene rings is 1. The average Bonchev–Trinajstić information content (AvgIpc) is 3.21. The van der Waals surface area contributed by atoms with Gasteiger partial charge in [0.1, 0.15) is 0 Å². The van der Waals surface area contributed by atoms with E-state index in [-0.39, 0.29) is 12.0 Å². The molecule has 1 atom stereocenters. The molecule has 1 aromatic heterocycles. The molecule has 0 aliphatic carbocycles. The molecule has 2 heterocycles. The summed E-state index contributed by atoms with van der Waals surface area (Å²) in [6.45, 7) is 5.75. The van der Waals surface area contributed by atoms with Crippen LogP contribution < -0.4 is 0 Å². The summed E-state index contributed by atoms with van der Waals surface area (Å²) in [5.74, 6) is 1.48. The Balaban J connectivity index is 1.78. The number of hydrogen-bond donors (Lipinski definition) is 2. The van der Waals surface area contributed by atoms with E-state index in [9.17, 15) is 5.11 Å². The maximum absolute atomic E-state index is 10.1. The zero-order valence-electron chi connectivity index (χ0n) is 14.6. The number of para-hydroxylation sites is 1. The van der Waals surface area contributed by atoms with Crippen LogP contribution in [-0.2, 0) is 4.74 Å². The zero-order valence-corrected chi connectivity index (χ0v) is 15.4. The van der Waals surface area contributed by atoms with Crippen LogP contribution in [0.4, 0.5) is 5.69 Å². The van der Waals surface area contributed by atoms with Crippen molar-refractivity contribution >= 4 is 33.5 Å². The van der Waals surface area contributed by atoms with Gasteiger partial charge in [-0.05, 0) is 24.8 Å². The van der Waals surface area contributed by atoms with Crippen LogP contribution in [0.25, 0.3) is 10.9 Å². The highest BCUT2D eigenvalue weighted by Crippen LogP contribution is 2.35. The summed E-state index contributed by atoms with van der Waals surface area (Å²) in [5.41, 5.74) is 1.28. The smallest absolute Gasteiger partial charge is 0.218 e. The lowest BCUT2D eigenvalue weighted by molar-refractivity contribution is 0.118. The van der Waals surface area contributed by atoms with Gasteiger partial charge in [0.2, 0.25) is 11.0 Å². The van der Waals surface area contributed by atoms with E-state index in [0.29, 0.717) is 23.3 Å². The van der Waals surface area contributed by atoms with Crippen LogP contribution in [0.2, 0.25) is 0 Å². The molecule has 3 rings (SSSR count). The topological polar surface area (TPSA) is 82.3 Å². The van der Waals surface area contributed by atoms with Gasteiger partial charge in [-0.3, -0.25) is 4.99 Å². The minimum Gasteiger partial charge on any atom is -0.493 e. The van der Waals surface area contributed by atoms with Crippen LogP contribution in [0.5, 0.6) is 5.88 Å². The molecular weight excluding hydrogens is 336 g/mol. The largest absolute Gasteiger partial charge is 0.493 e. The van der Waals surface area contributed by atoms with Crippen molar-refractivity contribution in [2.75, 3.05) is 18.9 Å². The van der Waals surface area contributed by atoms with Crippen LogP contribution in [0, 0.1) is 5.92 Å². The lowest BCUT2D eigenvalue weighted by atomic mass is 10.2. The Morgan fingerprint density at radius 1 is 1.40 bits per heavy atom. The number of azo groups is 1. The Kier molecular flexibility index (Phi) is 6.09. The van der Waals surface area contributed by atoms with E-state index in [0.717, 1.165) is 36.1 Å². The predicted octanol–water partition coefficient (Wildman–Crippen LogP) is 4.88. The third kappa shape index (κ3) is 4.83. The van der Waals surface area contributed by atoms with Gasteiger partial charge in [0, 0.05) is 17.7 Å². The average molecular weight is 360 g/mol. The maximum Gasteiger partial charge on any atom is 0.218 e. The summed E-state index contributed by atoms with van der Waals surface area (Å²) in [6, 6.07) is 7.62.